The van der Waals surface area contributed by atoms with Crippen LogP contribution in [0.2, 0.25) is 0 Å². The van der Waals surface area contributed by atoms with Gasteiger partial charge in [-0.05, 0) is 17.9 Å². The zero-order chi connectivity index (χ0) is 11.8. The summed E-state index contributed by atoms with van der Waals surface area (Å²) in [6, 6.07) is 3.52. The normalized spacial score (nSPS) is 24.7. The van der Waals surface area contributed by atoms with Crippen LogP contribution in [0.4, 0.5) is 0 Å². The number of aliphatic carboxylic acids is 1. The number of carbonyl (C=O) groups excluding carboxylic acids is 1. The third kappa shape index (κ3) is 1.81. The van der Waals surface area contributed by atoms with Gasteiger partial charge >= 0.3 is 5.97 Å². The van der Waals surface area contributed by atoms with Crippen molar-refractivity contribution in [2.24, 2.45) is 5.73 Å². The molecule has 1 amide bonds. The molecule has 0 bridgehead atoms. The monoisotopic (exact) mass is 240 g/mol. The molecular formula is C10H12N2O3S. The Morgan fingerprint density at radius 3 is 2.81 bits per heavy atom. The third-order valence-corrected chi connectivity index (χ3v) is 3.60. The Kier molecular flexibility index (Phi) is 2.69. The average molecular weight is 240 g/mol. The molecule has 1 aromatic heterocycles. The fourth-order valence-electron chi connectivity index (χ4n) is 1.74. The van der Waals surface area contributed by atoms with Crippen LogP contribution in [0, 0.1) is 0 Å². The topological polar surface area (TPSA) is 83.6 Å². The van der Waals surface area contributed by atoms with Crippen LogP contribution in [0.25, 0.3) is 0 Å². The summed E-state index contributed by atoms with van der Waals surface area (Å²) in [7, 11) is 0. The van der Waals surface area contributed by atoms with Crippen molar-refractivity contribution in [2.45, 2.75) is 12.0 Å². The summed E-state index contributed by atoms with van der Waals surface area (Å²) in [4.78, 5) is 24.9. The maximum absolute atomic E-state index is 11.9. The van der Waals surface area contributed by atoms with Gasteiger partial charge in [0.2, 0.25) is 0 Å². The second-order valence-corrected chi connectivity index (χ2v) is 4.86. The summed E-state index contributed by atoms with van der Waals surface area (Å²) in [5, 5.41) is 10.8. The van der Waals surface area contributed by atoms with E-state index in [9.17, 15) is 9.59 Å². The van der Waals surface area contributed by atoms with Crippen LogP contribution < -0.4 is 5.73 Å². The molecule has 0 spiro atoms. The van der Waals surface area contributed by atoms with Gasteiger partial charge in [-0.15, -0.1) is 11.3 Å². The molecular weight excluding hydrogens is 228 g/mol. The maximum Gasteiger partial charge on any atom is 0.325 e. The molecule has 1 aliphatic rings. The Bertz CT molecular complexity index is 418. The molecule has 1 saturated heterocycles. The van der Waals surface area contributed by atoms with E-state index in [0.29, 0.717) is 17.8 Å². The van der Waals surface area contributed by atoms with Gasteiger partial charge in [0.1, 0.15) is 5.54 Å². The summed E-state index contributed by atoms with van der Waals surface area (Å²) in [6.45, 7) is 0.485. The molecule has 1 fully saturated rings. The first-order valence-electron chi connectivity index (χ1n) is 4.88. The Morgan fingerprint density at radius 1 is 1.56 bits per heavy atom. The van der Waals surface area contributed by atoms with Gasteiger partial charge in [-0.1, -0.05) is 6.07 Å². The molecule has 6 heteroatoms. The van der Waals surface area contributed by atoms with Gasteiger partial charge in [0.15, 0.2) is 0 Å². The van der Waals surface area contributed by atoms with Crippen molar-refractivity contribution in [1.29, 1.82) is 0 Å². The highest BCUT2D eigenvalue weighted by Crippen LogP contribution is 2.22. The number of thiophene rings is 1. The van der Waals surface area contributed by atoms with Crippen molar-refractivity contribution in [1.82, 2.24) is 4.90 Å². The lowest BCUT2D eigenvalue weighted by Crippen LogP contribution is -2.50. The van der Waals surface area contributed by atoms with Crippen LogP contribution >= 0.6 is 11.3 Å². The van der Waals surface area contributed by atoms with Gasteiger partial charge in [-0.2, -0.15) is 0 Å². The van der Waals surface area contributed by atoms with Crippen molar-refractivity contribution >= 4 is 23.2 Å². The van der Waals surface area contributed by atoms with Gasteiger partial charge in [0, 0.05) is 13.1 Å². The molecule has 2 heterocycles. The first kappa shape index (κ1) is 11.1. The largest absolute Gasteiger partial charge is 0.480 e. The molecule has 0 aliphatic carbocycles. The van der Waals surface area contributed by atoms with E-state index in [0.717, 1.165) is 0 Å². The van der Waals surface area contributed by atoms with Crippen LogP contribution in [0.5, 0.6) is 0 Å². The van der Waals surface area contributed by atoms with Gasteiger partial charge in [-0.3, -0.25) is 9.59 Å². The van der Waals surface area contributed by atoms with E-state index in [2.05, 4.69) is 0 Å². The highest BCUT2D eigenvalue weighted by molar-refractivity contribution is 7.12. The van der Waals surface area contributed by atoms with Crippen LogP contribution in [0.1, 0.15) is 16.1 Å². The zero-order valence-corrected chi connectivity index (χ0v) is 9.37. The van der Waals surface area contributed by atoms with Gasteiger partial charge in [0.05, 0.1) is 4.88 Å². The minimum Gasteiger partial charge on any atom is -0.480 e. The highest BCUT2D eigenvalue weighted by atomic mass is 32.1. The molecule has 1 aliphatic heterocycles. The Balaban J connectivity index is 2.10. The minimum absolute atomic E-state index is 0.0824. The van der Waals surface area contributed by atoms with Crippen LogP contribution in [0.15, 0.2) is 17.5 Å². The quantitative estimate of drug-likeness (QED) is 0.782. The van der Waals surface area contributed by atoms with E-state index in [1.807, 2.05) is 5.38 Å². The molecule has 3 N–H and O–H groups in total. The maximum atomic E-state index is 11.9. The number of rotatable bonds is 2. The number of hydrogen-bond acceptors (Lipinski definition) is 4. The van der Waals surface area contributed by atoms with Gasteiger partial charge in [-0.25, -0.2) is 0 Å². The molecule has 0 radical (unpaired) electrons. The molecule has 2 rings (SSSR count). The van der Waals surface area contributed by atoms with Gasteiger partial charge in [0.25, 0.3) is 5.91 Å². The number of nitrogens with zero attached hydrogens (tertiary/aromatic N) is 1. The number of hydrogen-bond donors (Lipinski definition) is 2. The number of nitrogens with two attached hydrogens (primary N) is 1. The first-order chi connectivity index (χ1) is 7.53. The Morgan fingerprint density at radius 2 is 2.31 bits per heavy atom. The summed E-state index contributed by atoms with van der Waals surface area (Å²) < 4.78 is 0. The number of carbonyl (C=O) groups is 2. The van der Waals surface area contributed by atoms with Crippen molar-refractivity contribution in [3.63, 3.8) is 0 Å². The lowest BCUT2D eigenvalue weighted by atomic mass is 10.0. The zero-order valence-electron chi connectivity index (χ0n) is 8.55. The molecule has 1 aromatic rings. The molecule has 1 atom stereocenters. The van der Waals surface area contributed by atoms with Crippen LogP contribution in [-0.2, 0) is 4.79 Å². The highest BCUT2D eigenvalue weighted by Gasteiger charge is 2.43. The summed E-state index contributed by atoms with van der Waals surface area (Å²) >= 11 is 1.35. The fraction of sp³-hybridized carbons (Fsp3) is 0.400. The van der Waals surface area contributed by atoms with E-state index < -0.39 is 11.5 Å². The molecule has 1 unspecified atom stereocenters. The van der Waals surface area contributed by atoms with E-state index in [1.54, 1.807) is 12.1 Å². The number of carboxylic acids is 1. The smallest absolute Gasteiger partial charge is 0.325 e. The van der Waals surface area contributed by atoms with Crippen molar-refractivity contribution < 1.29 is 14.7 Å². The minimum atomic E-state index is -1.28. The molecule has 86 valence electrons. The van der Waals surface area contributed by atoms with E-state index >= 15 is 0 Å². The van der Waals surface area contributed by atoms with Crippen molar-refractivity contribution in [2.75, 3.05) is 13.1 Å². The van der Waals surface area contributed by atoms with Crippen molar-refractivity contribution in [3.05, 3.63) is 22.4 Å². The number of likely N-dealkylation sites (tertiary alicyclic amines) is 1. The van der Waals surface area contributed by atoms with Crippen molar-refractivity contribution in [3.8, 4) is 0 Å². The fourth-order valence-corrected chi connectivity index (χ4v) is 2.43. The summed E-state index contributed by atoms with van der Waals surface area (Å²) in [6.07, 6.45) is 0.305. The second kappa shape index (κ2) is 3.88. The molecule has 0 saturated carbocycles. The number of carboxylic acid groups (broad SMARTS) is 1. The first-order valence-corrected chi connectivity index (χ1v) is 5.76. The van der Waals surface area contributed by atoms with E-state index in [-0.39, 0.29) is 12.5 Å². The summed E-state index contributed by atoms with van der Waals surface area (Å²) in [5.74, 6) is -1.18. The molecule has 5 nitrogen and oxygen atoms in total. The van der Waals surface area contributed by atoms with E-state index in [1.165, 1.54) is 16.2 Å². The van der Waals surface area contributed by atoms with E-state index in [4.69, 9.17) is 10.8 Å². The Labute approximate surface area is 96.5 Å². The summed E-state index contributed by atoms with van der Waals surface area (Å²) in [5.41, 5.74) is 4.41. The SMILES string of the molecule is NC1(C(=O)O)CCN(C(=O)c2cccs2)C1. The lowest BCUT2D eigenvalue weighted by molar-refractivity contribution is -0.142. The predicted octanol–water partition coefficient (Wildman–Crippen LogP) is 0.376. The Hall–Kier alpha value is -1.40. The second-order valence-electron chi connectivity index (χ2n) is 3.92. The van der Waals surface area contributed by atoms with Crippen LogP contribution in [-0.4, -0.2) is 40.5 Å². The molecule has 0 aromatic carbocycles. The van der Waals surface area contributed by atoms with Crippen LogP contribution in [0.3, 0.4) is 0 Å². The number of amides is 1. The predicted molar refractivity (Wildman–Crippen MR) is 59.4 cm³/mol. The standard InChI is InChI=1S/C10H12N2O3S/c11-10(9(14)15)3-4-12(6-10)8(13)7-2-1-5-16-7/h1-2,5H,3-4,6,11H2,(H,14,15). The average Bonchev–Trinajstić information content (AvgIpc) is 2.85. The van der Waals surface area contributed by atoms with Gasteiger partial charge < -0.3 is 15.7 Å². The molecule has 16 heavy (non-hydrogen) atoms. The third-order valence-electron chi connectivity index (χ3n) is 2.75. The lowest BCUT2D eigenvalue weighted by Gasteiger charge is -2.19.